The van der Waals surface area contributed by atoms with E-state index in [1.165, 1.54) is 0 Å². The number of carbonyl (C=O) groups excluding carboxylic acids is 1. The van der Waals surface area contributed by atoms with E-state index in [2.05, 4.69) is 5.32 Å². The van der Waals surface area contributed by atoms with Crippen LogP contribution in [0.15, 0.2) is 0 Å². The van der Waals surface area contributed by atoms with Crippen LogP contribution in [0.1, 0.15) is 19.8 Å². The lowest BCUT2D eigenvalue weighted by molar-refractivity contribution is -0.129. The van der Waals surface area contributed by atoms with Crippen molar-refractivity contribution in [2.75, 3.05) is 13.1 Å². The topological polar surface area (TPSA) is 58.4 Å². The van der Waals surface area contributed by atoms with Crippen LogP contribution in [-0.4, -0.2) is 35.1 Å². The highest BCUT2D eigenvalue weighted by atomic mass is 32.1. The third-order valence-corrected chi connectivity index (χ3v) is 2.40. The number of hydrogen-bond donors (Lipinski definition) is 2. The van der Waals surface area contributed by atoms with Gasteiger partial charge in [0, 0.05) is 26.1 Å². The van der Waals surface area contributed by atoms with E-state index < -0.39 is 0 Å². The second-order valence-corrected chi connectivity index (χ2v) is 3.73. The van der Waals surface area contributed by atoms with Crippen molar-refractivity contribution in [2.45, 2.75) is 25.8 Å². The summed E-state index contributed by atoms with van der Waals surface area (Å²) in [5, 5.41) is 3.36. The highest BCUT2D eigenvalue weighted by Gasteiger charge is 2.20. The fraction of sp³-hybridized carbons (Fsp3) is 0.750. The number of rotatable bonds is 1. The van der Waals surface area contributed by atoms with Crippen LogP contribution in [0, 0.1) is 0 Å². The number of hydrogen-bond acceptors (Lipinski definition) is 2. The van der Waals surface area contributed by atoms with Crippen LogP contribution in [0.25, 0.3) is 0 Å². The summed E-state index contributed by atoms with van der Waals surface area (Å²) in [6.45, 7) is 3.20. The van der Waals surface area contributed by atoms with E-state index in [4.69, 9.17) is 18.0 Å². The van der Waals surface area contributed by atoms with Crippen LogP contribution >= 0.6 is 12.2 Å². The Hall–Kier alpha value is -0.840. The van der Waals surface area contributed by atoms with E-state index >= 15 is 0 Å². The van der Waals surface area contributed by atoms with Crippen molar-refractivity contribution in [1.29, 1.82) is 0 Å². The maximum Gasteiger partial charge on any atom is 0.219 e. The SMILES string of the molecule is CC(=O)N1CCC(NC(N)=S)CC1. The molecule has 0 aliphatic carbocycles. The largest absolute Gasteiger partial charge is 0.376 e. The summed E-state index contributed by atoms with van der Waals surface area (Å²) in [5.41, 5.74) is 5.36. The molecule has 0 aromatic carbocycles. The lowest BCUT2D eigenvalue weighted by Gasteiger charge is -2.31. The van der Waals surface area contributed by atoms with Gasteiger partial charge < -0.3 is 16.0 Å². The zero-order valence-corrected chi connectivity index (χ0v) is 8.56. The molecule has 1 rings (SSSR count). The number of carbonyl (C=O) groups is 1. The molecule has 74 valence electrons. The molecule has 3 N–H and O–H groups in total. The molecule has 1 aliphatic rings. The minimum atomic E-state index is 0.147. The first-order valence-electron chi connectivity index (χ1n) is 4.41. The van der Waals surface area contributed by atoms with Crippen LogP contribution in [0.3, 0.4) is 0 Å². The van der Waals surface area contributed by atoms with Crippen molar-refractivity contribution >= 4 is 23.2 Å². The van der Waals surface area contributed by atoms with Gasteiger partial charge in [0.25, 0.3) is 0 Å². The van der Waals surface area contributed by atoms with Crippen LogP contribution < -0.4 is 11.1 Å². The van der Waals surface area contributed by atoms with E-state index in [9.17, 15) is 4.79 Å². The predicted molar refractivity (Wildman–Crippen MR) is 55.2 cm³/mol. The molecule has 13 heavy (non-hydrogen) atoms. The van der Waals surface area contributed by atoms with Gasteiger partial charge >= 0.3 is 0 Å². The van der Waals surface area contributed by atoms with E-state index in [0.717, 1.165) is 25.9 Å². The fourth-order valence-corrected chi connectivity index (χ4v) is 1.71. The number of piperidine rings is 1. The van der Waals surface area contributed by atoms with Gasteiger partial charge in [0.05, 0.1) is 0 Å². The molecule has 0 atom stereocenters. The molecule has 0 unspecified atom stereocenters. The summed E-state index contributed by atoms with van der Waals surface area (Å²) in [6.07, 6.45) is 1.86. The molecule has 1 saturated heterocycles. The van der Waals surface area contributed by atoms with Gasteiger partial charge in [0.2, 0.25) is 5.91 Å². The Labute approximate surface area is 83.5 Å². The molecule has 0 saturated carbocycles. The average molecular weight is 201 g/mol. The third kappa shape index (κ3) is 3.18. The predicted octanol–water partition coefficient (Wildman–Crippen LogP) is -0.169. The number of nitrogens with one attached hydrogen (secondary N) is 1. The van der Waals surface area contributed by atoms with E-state index in [0.29, 0.717) is 11.2 Å². The van der Waals surface area contributed by atoms with Crippen molar-refractivity contribution in [3.05, 3.63) is 0 Å². The summed E-state index contributed by atoms with van der Waals surface area (Å²) in [5.74, 6) is 0.147. The summed E-state index contributed by atoms with van der Waals surface area (Å²) in [4.78, 5) is 12.8. The van der Waals surface area contributed by atoms with Crippen LogP contribution in [0.4, 0.5) is 0 Å². The van der Waals surface area contributed by atoms with E-state index in [1.54, 1.807) is 6.92 Å². The molecule has 5 heteroatoms. The van der Waals surface area contributed by atoms with Gasteiger partial charge in [-0.25, -0.2) is 0 Å². The Morgan fingerprint density at radius 2 is 2.08 bits per heavy atom. The summed E-state index contributed by atoms with van der Waals surface area (Å²) < 4.78 is 0. The summed E-state index contributed by atoms with van der Waals surface area (Å²) in [6, 6.07) is 0.341. The Bertz CT molecular complexity index is 211. The van der Waals surface area contributed by atoms with Crippen molar-refractivity contribution in [3.8, 4) is 0 Å². The third-order valence-electron chi connectivity index (χ3n) is 2.29. The van der Waals surface area contributed by atoms with Gasteiger partial charge in [-0.3, -0.25) is 4.79 Å². The molecule has 4 nitrogen and oxygen atoms in total. The molecule has 0 radical (unpaired) electrons. The first-order valence-corrected chi connectivity index (χ1v) is 4.82. The Morgan fingerprint density at radius 1 is 1.54 bits per heavy atom. The quantitative estimate of drug-likeness (QED) is 0.578. The molecule has 1 aliphatic heterocycles. The van der Waals surface area contributed by atoms with Crippen molar-refractivity contribution in [3.63, 3.8) is 0 Å². The van der Waals surface area contributed by atoms with Gasteiger partial charge in [-0.1, -0.05) is 0 Å². The standard InChI is InChI=1S/C8H15N3OS/c1-6(12)11-4-2-7(3-5-11)10-8(9)13/h7H,2-5H2,1H3,(H3,9,10,13). The zero-order valence-electron chi connectivity index (χ0n) is 7.75. The first kappa shape index (κ1) is 10.2. The molecular weight excluding hydrogens is 186 g/mol. The monoisotopic (exact) mass is 201 g/mol. The molecule has 1 heterocycles. The lowest BCUT2D eigenvalue weighted by Crippen LogP contribution is -2.47. The smallest absolute Gasteiger partial charge is 0.219 e. The second kappa shape index (κ2) is 4.41. The minimum absolute atomic E-state index is 0.147. The molecule has 0 aromatic rings. The van der Waals surface area contributed by atoms with Gasteiger partial charge in [-0.15, -0.1) is 0 Å². The van der Waals surface area contributed by atoms with E-state index in [1.807, 2.05) is 4.90 Å². The zero-order chi connectivity index (χ0) is 9.84. The van der Waals surface area contributed by atoms with Gasteiger partial charge in [0.1, 0.15) is 0 Å². The number of likely N-dealkylation sites (tertiary alicyclic amines) is 1. The second-order valence-electron chi connectivity index (χ2n) is 3.29. The molecule has 0 bridgehead atoms. The van der Waals surface area contributed by atoms with Gasteiger partial charge in [-0.05, 0) is 25.1 Å². The first-order chi connectivity index (χ1) is 6.09. The normalized spacial score (nSPS) is 18.4. The maximum absolute atomic E-state index is 11.0. The number of amides is 1. The highest BCUT2D eigenvalue weighted by Crippen LogP contribution is 2.09. The maximum atomic E-state index is 11.0. The number of nitrogens with two attached hydrogens (primary N) is 1. The molecule has 0 spiro atoms. The molecular formula is C8H15N3OS. The fourth-order valence-electron chi connectivity index (χ4n) is 1.54. The number of nitrogens with zero attached hydrogens (tertiary/aromatic N) is 1. The van der Waals surface area contributed by atoms with Crippen LogP contribution in [0.2, 0.25) is 0 Å². The average Bonchev–Trinajstić information content (AvgIpc) is 2.04. The Morgan fingerprint density at radius 3 is 2.46 bits per heavy atom. The highest BCUT2D eigenvalue weighted by molar-refractivity contribution is 7.80. The molecule has 0 aromatic heterocycles. The Balaban J connectivity index is 2.30. The van der Waals surface area contributed by atoms with Gasteiger partial charge in [-0.2, -0.15) is 0 Å². The lowest BCUT2D eigenvalue weighted by atomic mass is 10.1. The summed E-state index contributed by atoms with van der Waals surface area (Å²) in [7, 11) is 0. The van der Waals surface area contributed by atoms with E-state index in [-0.39, 0.29) is 5.91 Å². The Kier molecular flexibility index (Phi) is 3.48. The molecule has 1 amide bonds. The van der Waals surface area contributed by atoms with Crippen molar-refractivity contribution in [2.24, 2.45) is 5.73 Å². The van der Waals surface area contributed by atoms with Crippen LogP contribution in [-0.2, 0) is 4.79 Å². The van der Waals surface area contributed by atoms with Crippen molar-refractivity contribution < 1.29 is 4.79 Å². The molecule has 1 fully saturated rings. The van der Waals surface area contributed by atoms with Gasteiger partial charge in [0.15, 0.2) is 5.11 Å². The summed E-state index contributed by atoms with van der Waals surface area (Å²) >= 11 is 4.74. The number of thiocarbonyl (C=S) groups is 1. The van der Waals surface area contributed by atoms with Crippen molar-refractivity contribution in [1.82, 2.24) is 10.2 Å². The van der Waals surface area contributed by atoms with Crippen LogP contribution in [0.5, 0.6) is 0 Å². The minimum Gasteiger partial charge on any atom is -0.376 e.